The Bertz CT molecular complexity index is 523. The maximum Gasteiger partial charge on any atom is 0.341 e. The SMILES string of the molecule is CCCCCCCC(=O)Nc1sc(C)c(CC)c1C(=O)OCC. The number of anilines is 1. The third-order valence-corrected chi connectivity index (χ3v) is 4.87. The molecule has 130 valence electrons. The molecule has 0 fully saturated rings. The Morgan fingerprint density at radius 1 is 1.09 bits per heavy atom. The van der Waals surface area contributed by atoms with Crippen LogP contribution < -0.4 is 5.32 Å². The van der Waals surface area contributed by atoms with E-state index in [2.05, 4.69) is 12.2 Å². The van der Waals surface area contributed by atoms with Crippen molar-refractivity contribution in [1.82, 2.24) is 0 Å². The van der Waals surface area contributed by atoms with Gasteiger partial charge in [0, 0.05) is 11.3 Å². The number of hydrogen-bond acceptors (Lipinski definition) is 4. The number of unbranched alkanes of at least 4 members (excludes halogenated alkanes) is 4. The molecule has 1 aromatic rings. The van der Waals surface area contributed by atoms with E-state index in [4.69, 9.17) is 4.74 Å². The van der Waals surface area contributed by atoms with Crippen LogP contribution in [-0.2, 0) is 16.0 Å². The van der Waals surface area contributed by atoms with E-state index in [1.54, 1.807) is 6.92 Å². The minimum atomic E-state index is -0.341. The fraction of sp³-hybridized carbons (Fsp3) is 0.667. The molecule has 0 spiro atoms. The monoisotopic (exact) mass is 339 g/mol. The average Bonchev–Trinajstić information content (AvgIpc) is 2.82. The minimum absolute atomic E-state index is 0.0176. The van der Waals surface area contributed by atoms with Crippen molar-refractivity contribution < 1.29 is 14.3 Å². The molecule has 0 unspecified atom stereocenters. The summed E-state index contributed by atoms with van der Waals surface area (Å²) in [5, 5.41) is 3.55. The van der Waals surface area contributed by atoms with Gasteiger partial charge in [0.25, 0.3) is 0 Å². The number of carbonyl (C=O) groups excluding carboxylic acids is 2. The molecule has 0 aliphatic heterocycles. The number of thiophene rings is 1. The van der Waals surface area contributed by atoms with Crippen LogP contribution in [0.5, 0.6) is 0 Å². The zero-order valence-electron chi connectivity index (χ0n) is 14.8. The molecule has 0 atom stereocenters. The molecule has 5 heteroatoms. The zero-order valence-corrected chi connectivity index (χ0v) is 15.6. The first-order chi connectivity index (χ1) is 11.0. The number of hydrogen-bond donors (Lipinski definition) is 1. The largest absolute Gasteiger partial charge is 0.462 e. The molecule has 0 radical (unpaired) electrons. The summed E-state index contributed by atoms with van der Waals surface area (Å²) in [5.74, 6) is -0.358. The lowest BCUT2D eigenvalue weighted by molar-refractivity contribution is -0.116. The van der Waals surface area contributed by atoms with Crippen LogP contribution in [0.25, 0.3) is 0 Å². The molecular formula is C18H29NO3S. The number of ether oxygens (including phenoxy) is 1. The average molecular weight is 340 g/mol. The molecule has 0 saturated heterocycles. The van der Waals surface area contributed by atoms with E-state index < -0.39 is 0 Å². The Hall–Kier alpha value is -1.36. The highest BCUT2D eigenvalue weighted by Crippen LogP contribution is 2.34. The van der Waals surface area contributed by atoms with Crippen molar-refractivity contribution in [2.75, 3.05) is 11.9 Å². The molecular weight excluding hydrogens is 310 g/mol. The first kappa shape index (κ1) is 19.7. The number of rotatable bonds is 10. The highest BCUT2D eigenvalue weighted by atomic mass is 32.1. The van der Waals surface area contributed by atoms with Crippen LogP contribution in [0, 0.1) is 6.92 Å². The zero-order chi connectivity index (χ0) is 17.2. The lowest BCUT2D eigenvalue weighted by Gasteiger charge is -2.08. The Morgan fingerprint density at radius 3 is 2.39 bits per heavy atom. The highest BCUT2D eigenvalue weighted by Gasteiger charge is 2.23. The van der Waals surface area contributed by atoms with Gasteiger partial charge in [-0.2, -0.15) is 0 Å². The third kappa shape index (κ3) is 5.98. The van der Waals surface area contributed by atoms with Gasteiger partial charge in [0.15, 0.2) is 0 Å². The van der Waals surface area contributed by atoms with Gasteiger partial charge in [-0.1, -0.05) is 39.5 Å². The highest BCUT2D eigenvalue weighted by molar-refractivity contribution is 7.16. The number of carbonyl (C=O) groups is 2. The number of nitrogens with one attached hydrogen (secondary N) is 1. The van der Waals surface area contributed by atoms with Crippen LogP contribution in [0.4, 0.5) is 5.00 Å². The molecule has 0 aliphatic carbocycles. The van der Waals surface area contributed by atoms with Crippen LogP contribution in [-0.4, -0.2) is 18.5 Å². The van der Waals surface area contributed by atoms with Crippen LogP contribution in [0.2, 0.25) is 0 Å². The quantitative estimate of drug-likeness (QED) is 0.477. The Balaban J connectivity index is 2.71. The van der Waals surface area contributed by atoms with Gasteiger partial charge < -0.3 is 10.1 Å². The van der Waals surface area contributed by atoms with Crippen molar-refractivity contribution >= 4 is 28.2 Å². The predicted octanol–water partition coefficient (Wildman–Crippen LogP) is 5.09. The normalized spacial score (nSPS) is 10.6. The Kier molecular flexibility index (Phi) is 8.92. The first-order valence-electron chi connectivity index (χ1n) is 8.64. The minimum Gasteiger partial charge on any atom is -0.462 e. The predicted molar refractivity (Wildman–Crippen MR) is 96.4 cm³/mol. The van der Waals surface area contributed by atoms with Crippen LogP contribution >= 0.6 is 11.3 Å². The lowest BCUT2D eigenvalue weighted by Crippen LogP contribution is -2.14. The molecule has 0 saturated carbocycles. The number of amides is 1. The summed E-state index contributed by atoms with van der Waals surface area (Å²) in [6, 6.07) is 0. The second-order valence-corrected chi connectivity index (χ2v) is 6.85. The summed E-state index contributed by atoms with van der Waals surface area (Å²) in [7, 11) is 0. The molecule has 0 aliphatic rings. The summed E-state index contributed by atoms with van der Waals surface area (Å²) in [5.41, 5.74) is 1.52. The van der Waals surface area contributed by atoms with Crippen molar-refractivity contribution in [3.8, 4) is 0 Å². The smallest absolute Gasteiger partial charge is 0.341 e. The van der Waals surface area contributed by atoms with E-state index in [1.807, 2.05) is 13.8 Å². The van der Waals surface area contributed by atoms with E-state index in [0.717, 1.165) is 29.7 Å². The molecule has 0 bridgehead atoms. The van der Waals surface area contributed by atoms with E-state index in [1.165, 1.54) is 30.6 Å². The van der Waals surface area contributed by atoms with E-state index in [0.29, 0.717) is 23.6 Å². The van der Waals surface area contributed by atoms with E-state index in [9.17, 15) is 9.59 Å². The van der Waals surface area contributed by atoms with Crippen LogP contribution in [0.1, 0.15) is 80.1 Å². The molecule has 4 nitrogen and oxygen atoms in total. The van der Waals surface area contributed by atoms with Crippen molar-refractivity contribution in [3.05, 3.63) is 16.0 Å². The van der Waals surface area contributed by atoms with E-state index in [-0.39, 0.29) is 11.9 Å². The second-order valence-electron chi connectivity index (χ2n) is 5.63. The summed E-state index contributed by atoms with van der Waals surface area (Å²) in [6.07, 6.45) is 6.83. The Labute approximate surface area is 143 Å². The van der Waals surface area contributed by atoms with Crippen LogP contribution in [0.15, 0.2) is 0 Å². The van der Waals surface area contributed by atoms with Gasteiger partial charge >= 0.3 is 5.97 Å². The van der Waals surface area contributed by atoms with Crippen LogP contribution in [0.3, 0.4) is 0 Å². The lowest BCUT2D eigenvalue weighted by atomic mass is 10.1. The van der Waals surface area contributed by atoms with Gasteiger partial charge in [0.1, 0.15) is 5.00 Å². The fourth-order valence-electron chi connectivity index (χ4n) is 2.59. The molecule has 1 amide bonds. The molecule has 1 aromatic heterocycles. The fourth-order valence-corrected chi connectivity index (χ4v) is 3.74. The maximum absolute atomic E-state index is 12.2. The van der Waals surface area contributed by atoms with Crippen molar-refractivity contribution in [2.45, 2.75) is 72.6 Å². The van der Waals surface area contributed by atoms with Gasteiger partial charge in [-0.3, -0.25) is 4.79 Å². The molecule has 23 heavy (non-hydrogen) atoms. The standard InChI is InChI=1S/C18H29NO3S/c1-5-8-9-10-11-12-15(20)19-17-16(18(21)22-7-3)14(6-2)13(4)23-17/h5-12H2,1-4H3,(H,19,20). The van der Waals surface area contributed by atoms with Crippen molar-refractivity contribution in [3.63, 3.8) is 0 Å². The topological polar surface area (TPSA) is 55.4 Å². The van der Waals surface area contributed by atoms with Crippen molar-refractivity contribution in [1.29, 1.82) is 0 Å². The molecule has 1 rings (SSSR count). The molecule has 0 aromatic carbocycles. The Morgan fingerprint density at radius 2 is 1.78 bits per heavy atom. The number of esters is 1. The summed E-state index contributed by atoms with van der Waals surface area (Å²) in [4.78, 5) is 25.4. The summed E-state index contributed by atoms with van der Waals surface area (Å²) < 4.78 is 5.15. The van der Waals surface area contributed by atoms with Gasteiger partial charge in [0.2, 0.25) is 5.91 Å². The number of aryl methyl sites for hydroxylation is 1. The van der Waals surface area contributed by atoms with E-state index >= 15 is 0 Å². The van der Waals surface area contributed by atoms with Gasteiger partial charge in [-0.05, 0) is 32.3 Å². The summed E-state index contributed by atoms with van der Waals surface area (Å²) in [6.45, 7) is 8.29. The van der Waals surface area contributed by atoms with Gasteiger partial charge in [-0.15, -0.1) is 11.3 Å². The van der Waals surface area contributed by atoms with Crippen molar-refractivity contribution in [2.24, 2.45) is 0 Å². The molecule has 1 heterocycles. The maximum atomic E-state index is 12.2. The van der Waals surface area contributed by atoms with Gasteiger partial charge in [-0.25, -0.2) is 4.79 Å². The first-order valence-corrected chi connectivity index (χ1v) is 9.45. The molecule has 1 N–H and O–H groups in total. The van der Waals surface area contributed by atoms with Gasteiger partial charge in [0.05, 0.1) is 12.2 Å². The third-order valence-electron chi connectivity index (χ3n) is 3.80. The second kappa shape index (κ2) is 10.4. The summed E-state index contributed by atoms with van der Waals surface area (Å²) >= 11 is 1.46.